The Labute approximate surface area is 107 Å². The molecule has 2 N–H and O–H groups in total. The number of imidazole rings is 1. The molecule has 2 bridgehead atoms. The van der Waals surface area contributed by atoms with Crippen LogP contribution in [0.25, 0.3) is 11.3 Å². The number of fused-ring (bicyclic) bond motifs is 3. The average Bonchev–Trinajstić information content (AvgIpc) is 2.64. The highest BCUT2D eigenvalue weighted by molar-refractivity contribution is 5.90. The lowest BCUT2D eigenvalue weighted by molar-refractivity contribution is -0.140. The number of allylic oxidation sites excluding steroid dienone is 1. The molecule has 0 unspecified atom stereocenters. The van der Waals surface area contributed by atoms with E-state index in [2.05, 4.69) is 26.8 Å². The van der Waals surface area contributed by atoms with E-state index in [9.17, 15) is 9.59 Å². The normalized spacial score (nSPS) is 29.2. The van der Waals surface area contributed by atoms with Crippen LogP contribution in [0.15, 0.2) is 29.5 Å². The van der Waals surface area contributed by atoms with Gasteiger partial charge in [-0.15, -0.1) is 0 Å². The molecule has 1 saturated carbocycles. The van der Waals surface area contributed by atoms with Crippen LogP contribution in [-0.4, -0.2) is 25.4 Å². The van der Waals surface area contributed by atoms with Crippen molar-refractivity contribution in [2.45, 2.75) is 18.4 Å². The van der Waals surface area contributed by atoms with E-state index in [0.717, 1.165) is 5.70 Å². The van der Waals surface area contributed by atoms with Crippen molar-refractivity contribution in [1.82, 2.24) is 24.8 Å². The van der Waals surface area contributed by atoms with Gasteiger partial charge in [0.2, 0.25) is 0 Å². The Morgan fingerprint density at radius 3 is 2.79 bits per heavy atom. The highest BCUT2D eigenvalue weighted by atomic mass is 16.2. The number of amides is 1. The van der Waals surface area contributed by atoms with Crippen LogP contribution in [0.2, 0.25) is 0 Å². The molecule has 2 saturated heterocycles. The first kappa shape index (κ1) is 10.5. The van der Waals surface area contributed by atoms with Crippen LogP contribution >= 0.6 is 0 Å². The number of carbonyl (C=O) groups is 1. The van der Waals surface area contributed by atoms with Crippen molar-refractivity contribution in [3.8, 4) is 0 Å². The number of carbonyl (C=O) groups excluding carboxylic acids is 1. The number of aromatic amines is 1. The van der Waals surface area contributed by atoms with Gasteiger partial charge in [-0.1, -0.05) is 6.58 Å². The monoisotopic (exact) mass is 257 g/mol. The van der Waals surface area contributed by atoms with Crippen LogP contribution in [0, 0.1) is 5.92 Å². The quantitative estimate of drug-likeness (QED) is 0.744. The summed E-state index contributed by atoms with van der Waals surface area (Å²) in [4.78, 5) is 35.2. The van der Waals surface area contributed by atoms with E-state index in [0.29, 0.717) is 24.1 Å². The highest BCUT2D eigenvalue weighted by Gasteiger charge is 2.58. The van der Waals surface area contributed by atoms with Gasteiger partial charge in [-0.05, 0) is 12.8 Å². The third-order valence-corrected chi connectivity index (χ3v) is 4.10. The second kappa shape index (κ2) is 3.11. The molecule has 3 fully saturated rings. The number of aromatic nitrogens is 4. The van der Waals surface area contributed by atoms with Gasteiger partial charge in [0, 0.05) is 24.0 Å². The topological polar surface area (TPSA) is 92.7 Å². The van der Waals surface area contributed by atoms with Crippen LogP contribution in [0.5, 0.6) is 0 Å². The van der Waals surface area contributed by atoms with Crippen molar-refractivity contribution in [3.63, 3.8) is 0 Å². The van der Waals surface area contributed by atoms with Crippen LogP contribution < -0.4 is 11.0 Å². The SMILES string of the molecule is C=C1NC(=O)C2(n3c(=O)[nH]c4nccnc43)CC1C2. The van der Waals surface area contributed by atoms with Gasteiger partial charge in [0.25, 0.3) is 5.91 Å². The van der Waals surface area contributed by atoms with E-state index >= 15 is 0 Å². The van der Waals surface area contributed by atoms with Crippen LogP contribution in [0.4, 0.5) is 0 Å². The average molecular weight is 257 g/mol. The number of hydrogen-bond acceptors (Lipinski definition) is 4. The molecule has 3 aliphatic rings. The maximum absolute atomic E-state index is 12.3. The van der Waals surface area contributed by atoms with Crippen molar-refractivity contribution in [2.24, 2.45) is 5.92 Å². The number of piperidine rings is 2. The number of nitrogens with zero attached hydrogens (tertiary/aromatic N) is 3. The van der Waals surface area contributed by atoms with Crippen molar-refractivity contribution in [3.05, 3.63) is 35.2 Å². The summed E-state index contributed by atoms with van der Waals surface area (Å²) >= 11 is 0. The Bertz CT molecular complexity index is 781. The van der Waals surface area contributed by atoms with Crippen molar-refractivity contribution in [2.75, 3.05) is 0 Å². The van der Waals surface area contributed by atoms with Crippen molar-refractivity contribution < 1.29 is 4.79 Å². The largest absolute Gasteiger partial charge is 0.329 e. The summed E-state index contributed by atoms with van der Waals surface area (Å²) in [6, 6.07) is 0. The Morgan fingerprint density at radius 1 is 1.32 bits per heavy atom. The lowest BCUT2D eigenvalue weighted by atomic mass is 9.63. The summed E-state index contributed by atoms with van der Waals surface area (Å²) in [5.41, 5.74) is 0.390. The fraction of sp³-hybridized carbons (Fsp3) is 0.333. The van der Waals surface area contributed by atoms with Gasteiger partial charge < -0.3 is 5.32 Å². The van der Waals surface area contributed by atoms with E-state index in [1.807, 2.05) is 0 Å². The fourth-order valence-corrected chi connectivity index (χ4v) is 3.07. The van der Waals surface area contributed by atoms with Crippen molar-refractivity contribution >= 4 is 17.2 Å². The second-order valence-electron chi connectivity index (χ2n) is 5.11. The maximum atomic E-state index is 12.3. The van der Waals surface area contributed by atoms with E-state index in [1.165, 1.54) is 17.0 Å². The molecule has 4 heterocycles. The van der Waals surface area contributed by atoms with Crippen LogP contribution in [0.3, 0.4) is 0 Å². The molecule has 5 rings (SSSR count). The predicted molar refractivity (Wildman–Crippen MR) is 66.1 cm³/mol. The van der Waals surface area contributed by atoms with Crippen LogP contribution in [0.1, 0.15) is 12.8 Å². The zero-order valence-electron chi connectivity index (χ0n) is 10.0. The van der Waals surface area contributed by atoms with E-state index in [-0.39, 0.29) is 17.5 Å². The number of rotatable bonds is 1. The smallest absolute Gasteiger partial charge is 0.328 e. The summed E-state index contributed by atoms with van der Waals surface area (Å²) in [5, 5.41) is 2.74. The minimum absolute atomic E-state index is 0.186. The lowest BCUT2D eigenvalue weighted by Crippen LogP contribution is -2.65. The maximum Gasteiger partial charge on any atom is 0.329 e. The summed E-state index contributed by atoms with van der Waals surface area (Å²) in [6.07, 6.45) is 4.22. The molecule has 19 heavy (non-hydrogen) atoms. The molecule has 2 aliphatic heterocycles. The van der Waals surface area contributed by atoms with Crippen LogP contribution in [-0.2, 0) is 10.3 Å². The van der Waals surface area contributed by atoms with Gasteiger partial charge >= 0.3 is 5.69 Å². The first-order chi connectivity index (χ1) is 9.12. The zero-order valence-corrected chi connectivity index (χ0v) is 10.0. The molecule has 7 heteroatoms. The third kappa shape index (κ3) is 1.12. The second-order valence-corrected chi connectivity index (χ2v) is 5.11. The Hall–Kier alpha value is -2.44. The molecule has 0 spiro atoms. The van der Waals surface area contributed by atoms with Crippen molar-refractivity contribution in [1.29, 1.82) is 0 Å². The van der Waals surface area contributed by atoms with Gasteiger partial charge in [0.15, 0.2) is 11.3 Å². The Balaban J connectivity index is 1.97. The molecule has 0 aromatic carbocycles. The van der Waals surface area contributed by atoms with E-state index in [4.69, 9.17) is 0 Å². The third-order valence-electron chi connectivity index (χ3n) is 4.10. The molecule has 96 valence electrons. The molecule has 2 aromatic heterocycles. The summed E-state index contributed by atoms with van der Waals surface area (Å²) in [7, 11) is 0. The minimum Gasteiger partial charge on any atom is -0.328 e. The Morgan fingerprint density at radius 2 is 2.05 bits per heavy atom. The zero-order chi connectivity index (χ0) is 13.2. The highest BCUT2D eigenvalue weighted by Crippen LogP contribution is 2.50. The summed E-state index contributed by atoms with van der Waals surface area (Å²) in [6.45, 7) is 3.83. The summed E-state index contributed by atoms with van der Waals surface area (Å²) < 4.78 is 1.44. The van der Waals surface area contributed by atoms with Gasteiger partial charge in [-0.3, -0.25) is 14.3 Å². The van der Waals surface area contributed by atoms with Gasteiger partial charge in [0.1, 0.15) is 5.54 Å². The molecule has 0 atom stereocenters. The van der Waals surface area contributed by atoms with Gasteiger partial charge in [-0.25, -0.2) is 14.8 Å². The molecule has 2 aromatic rings. The van der Waals surface area contributed by atoms with E-state index < -0.39 is 5.54 Å². The lowest BCUT2D eigenvalue weighted by Gasteiger charge is -2.51. The standard InChI is InChI=1S/C12H11N5O2/c1-6-7-4-12(5-7,10(18)15-6)17-9-8(16-11(17)19)13-2-3-14-9/h2-3,7H,1,4-5H2,(H,15,18)(H,13,16,19). The fourth-order valence-electron chi connectivity index (χ4n) is 3.07. The molecule has 1 aliphatic carbocycles. The molecule has 1 amide bonds. The molecular formula is C12H11N5O2. The predicted octanol–water partition coefficient (Wildman–Crippen LogP) is -0.132. The molecule has 0 radical (unpaired) electrons. The summed E-state index contributed by atoms with van der Waals surface area (Å²) in [5.74, 6) is 0.0554. The van der Waals surface area contributed by atoms with E-state index in [1.54, 1.807) is 0 Å². The van der Waals surface area contributed by atoms with Gasteiger partial charge in [0.05, 0.1) is 0 Å². The molecule has 7 nitrogen and oxygen atoms in total. The van der Waals surface area contributed by atoms with Gasteiger partial charge in [-0.2, -0.15) is 0 Å². The number of nitrogens with one attached hydrogen (secondary N) is 2. The molecular weight excluding hydrogens is 246 g/mol. The minimum atomic E-state index is -0.836. The number of H-pyrrole nitrogens is 1. The first-order valence-corrected chi connectivity index (χ1v) is 6.04. The first-order valence-electron chi connectivity index (χ1n) is 6.04. The number of hydrogen-bond donors (Lipinski definition) is 2. The Kier molecular flexibility index (Phi) is 1.72.